The molecule has 0 unspecified atom stereocenters. The van der Waals surface area contributed by atoms with Crippen LogP contribution in [0.4, 0.5) is 0 Å². The van der Waals surface area contributed by atoms with Gasteiger partial charge < -0.3 is 9.72 Å². The van der Waals surface area contributed by atoms with Crippen LogP contribution in [0.3, 0.4) is 0 Å². The van der Waals surface area contributed by atoms with Crippen LogP contribution in [0.5, 0.6) is 0 Å². The Hall–Kier alpha value is -2.89. The van der Waals surface area contributed by atoms with Gasteiger partial charge in [0.15, 0.2) is 11.1 Å². The van der Waals surface area contributed by atoms with Crippen molar-refractivity contribution in [3.05, 3.63) is 51.8 Å². The summed E-state index contributed by atoms with van der Waals surface area (Å²) < 4.78 is 4.70. The zero-order valence-electron chi connectivity index (χ0n) is 13.3. The number of carbonyl (C=O) groups is 1. The van der Waals surface area contributed by atoms with Crippen LogP contribution >= 0.6 is 0 Å². The van der Waals surface area contributed by atoms with E-state index in [1.165, 1.54) is 7.11 Å². The lowest BCUT2D eigenvalue weighted by atomic mass is 10.0. The fourth-order valence-electron chi connectivity index (χ4n) is 2.96. The van der Waals surface area contributed by atoms with Gasteiger partial charge in [-0.2, -0.15) is 5.10 Å². The van der Waals surface area contributed by atoms with E-state index in [2.05, 4.69) is 15.2 Å². The highest BCUT2D eigenvalue weighted by Crippen LogP contribution is 2.39. The topological polar surface area (TPSA) is 87.8 Å². The molecule has 0 aliphatic heterocycles. The molecule has 2 N–H and O–H groups in total. The van der Waals surface area contributed by atoms with Gasteiger partial charge in [0.1, 0.15) is 0 Å². The van der Waals surface area contributed by atoms with Crippen molar-refractivity contribution in [1.29, 1.82) is 0 Å². The SMILES string of the molecule is COC(=O)Cc1cccc(-c2[nH]nc3[nH]c(C4CC4)cc(=O)c23)c1. The Morgan fingerprint density at radius 3 is 2.92 bits per heavy atom. The molecule has 1 fully saturated rings. The van der Waals surface area contributed by atoms with E-state index >= 15 is 0 Å². The Labute approximate surface area is 137 Å². The molecule has 6 heteroatoms. The smallest absolute Gasteiger partial charge is 0.309 e. The lowest BCUT2D eigenvalue weighted by Gasteiger charge is -2.04. The number of H-pyrrole nitrogens is 2. The largest absolute Gasteiger partial charge is 0.469 e. The third-order valence-corrected chi connectivity index (χ3v) is 4.37. The number of hydrogen-bond donors (Lipinski definition) is 2. The van der Waals surface area contributed by atoms with E-state index in [-0.39, 0.29) is 17.8 Å². The van der Waals surface area contributed by atoms with E-state index in [1.807, 2.05) is 24.3 Å². The van der Waals surface area contributed by atoms with Gasteiger partial charge in [0.25, 0.3) is 0 Å². The van der Waals surface area contributed by atoms with E-state index in [4.69, 9.17) is 4.74 Å². The fraction of sp³-hybridized carbons (Fsp3) is 0.278. The van der Waals surface area contributed by atoms with Crippen molar-refractivity contribution >= 4 is 17.0 Å². The zero-order valence-corrected chi connectivity index (χ0v) is 13.3. The van der Waals surface area contributed by atoms with E-state index in [9.17, 15) is 9.59 Å². The molecule has 1 aliphatic rings. The van der Waals surface area contributed by atoms with Crippen LogP contribution in [-0.2, 0) is 16.0 Å². The number of fused-ring (bicyclic) bond motifs is 1. The number of aromatic nitrogens is 3. The fourth-order valence-corrected chi connectivity index (χ4v) is 2.96. The van der Waals surface area contributed by atoms with Gasteiger partial charge in [-0.3, -0.25) is 14.7 Å². The summed E-state index contributed by atoms with van der Waals surface area (Å²) in [7, 11) is 1.37. The van der Waals surface area contributed by atoms with E-state index in [0.717, 1.165) is 29.7 Å². The minimum absolute atomic E-state index is 0.0345. The van der Waals surface area contributed by atoms with Gasteiger partial charge in [-0.1, -0.05) is 18.2 Å². The molecule has 0 radical (unpaired) electrons. The third kappa shape index (κ3) is 2.60. The second-order valence-electron chi connectivity index (χ2n) is 6.14. The number of methoxy groups -OCH3 is 1. The van der Waals surface area contributed by atoms with Gasteiger partial charge in [-0.05, 0) is 30.4 Å². The van der Waals surface area contributed by atoms with Crippen LogP contribution in [0.1, 0.15) is 30.0 Å². The van der Waals surface area contributed by atoms with Gasteiger partial charge in [-0.25, -0.2) is 0 Å². The number of pyridine rings is 1. The standard InChI is InChI=1S/C18H17N3O3/c1-24-15(23)8-10-3-2-4-12(7-10)17-16-14(22)9-13(11-5-6-11)19-18(16)21-20-17/h2-4,7,9,11H,5-6,8H2,1H3,(H2,19,20,21,22). The molecule has 0 amide bonds. The van der Waals surface area contributed by atoms with Gasteiger partial charge in [0, 0.05) is 17.3 Å². The highest BCUT2D eigenvalue weighted by atomic mass is 16.5. The van der Waals surface area contributed by atoms with Crippen molar-refractivity contribution in [2.24, 2.45) is 0 Å². The summed E-state index contributed by atoms with van der Waals surface area (Å²) in [4.78, 5) is 27.3. The van der Waals surface area contributed by atoms with Crippen LogP contribution in [-0.4, -0.2) is 28.3 Å². The lowest BCUT2D eigenvalue weighted by Crippen LogP contribution is -2.05. The van der Waals surface area contributed by atoms with Crippen molar-refractivity contribution in [2.45, 2.75) is 25.2 Å². The predicted octanol–water partition coefficient (Wildman–Crippen LogP) is 2.51. The molecule has 0 bridgehead atoms. The summed E-state index contributed by atoms with van der Waals surface area (Å²) in [5.74, 6) is 0.166. The highest BCUT2D eigenvalue weighted by molar-refractivity contribution is 5.91. The van der Waals surface area contributed by atoms with Crippen LogP contribution < -0.4 is 5.43 Å². The summed E-state index contributed by atoms with van der Waals surface area (Å²) in [6.07, 6.45) is 2.43. The molecule has 0 saturated heterocycles. The highest BCUT2D eigenvalue weighted by Gasteiger charge is 2.26. The second-order valence-corrected chi connectivity index (χ2v) is 6.14. The number of nitrogens with one attached hydrogen (secondary N) is 2. The molecular formula is C18H17N3O3. The molecule has 4 rings (SSSR count). The maximum absolute atomic E-state index is 12.5. The number of rotatable bonds is 4. The number of ether oxygens (including phenoxy) is 1. The van der Waals surface area contributed by atoms with E-state index in [1.54, 1.807) is 6.07 Å². The summed E-state index contributed by atoms with van der Waals surface area (Å²) >= 11 is 0. The molecule has 24 heavy (non-hydrogen) atoms. The van der Waals surface area contributed by atoms with Crippen molar-refractivity contribution in [2.75, 3.05) is 7.11 Å². The Kier molecular flexibility index (Phi) is 3.45. The summed E-state index contributed by atoms with van der Waals surface area (Å²) in [6, 6.07) is 9.15. The van der Waals surface area contributed by atoms with Crippen LogP contribution in [0, 0.1) is 0 Å². The average molecular weight is 323 g/mol. The number of nitrogens with zero attached hydrogens (tertiary/aromatic N) is 1. The molecule has 1 aliphatic carbocycles. The zero-order chi connectivity index (χ0) is 16.7. The number of benzene rings is 1. The molecule has 2 heterocycles. The Bertz CT molecular complexity index is 983. The first-order chi connectivity index (χ1) is 11.7. The maximum Gasteiger partial charge on any atom is 0.309 e. The lowest BCUT2D eigenvalue weighted by molar-refractivity contribution is -0.139. The molecule has 1 aromatic carbocycles. The molecule has 1 saturated carbocycles. The minimum atomic E-state index is -0.298. The van der Waals surface area contributed by atoms with Crippen LogP contribution in [0.2, 0.25) is 0 Å². The number of esters is 1. The Morgan fingerprint density at radius 2 is 2.17 bits per heavy atom. The quantitative estimate of drug-likeness (QED) is 0.722. The Balaban J connectivity index is 1.78. The second kappa shape index (κ2) is 5.63. The normalized spacial score (nSPS) is 14.0. The minimum Gasteiger partial charge on any atom is -0.469 e. The van der Waals surface area contributed by atoms with Gasteiger partial charge >= 0.3 is 5.97 Å². The molecule has 3 aromatic rings. The Morgan fingerprint density at radius 1 is 1.33 bits per heavy atom. The molecule has 122 valence electrons. The first-order valence-corrected chi connectivity index (χ1v) is 7.93. The molecular weight excluding hydrogens is 306 g/mol. The van der Waals surface area contributed by atoms with Crippen molar-refractivity contribution in [3.63, 3.8) is 0 Å². The summed E-state index contributed by atoms with van der Waals surface area (Å²) in [6.45, 7) is 0. The van der Waals surface area contributed by atoms with Crippen molar-refractivity contribution < 1.29 is 9.53 Å². The van der Waals surface area contributed by atoms with Gasteiger partial charge in [0.05, 0.1) is 24.6 Å². The molecule has 2 aromatic heterocycles. The average Bonchev–Trinajstić information content (AvgIpc) is 3.34. The number of carbonyl (C=O) groups excluding carboxylic acids is 1. The first kappa shape index (κ1) is 14.7. The molecule has 0 atom stereocenters. The van der Waals surface area contributed by atoms with Crippen molar-refractivity contribution in [3.8, 4) is 11.3 Å². The van der Waals surface area contributed by atoms with Gasteiger partial charge in [-0.15, -0.1) is 0 Å². The van der Waals surface area contributed by atoms with E-state index in [0.29, 0.717) is 22.6 Å². The van der Waals surface area contributed by atoms with Crippen LogP contribution in [0.25, 0.3) is 22.3 Å². The first-order valence-electron chi connectivity index (χ1n) is 7.93. The predicted molar refractivity (Wildman–Crippen MR) is 89.8 cm³/mol. The van der Waals surface area contributed by atoms with E-state index < -0.39 is 0 Å². The van der Waals surface area contributed by atoms with Gasteiger partial charge in [0.2, 0.25) is 0 Å². The monoisotopic (exact) mass is 323 g/mol. The molecule has 6 nitrogen and oxygen atoms in total. The summed E-state index contributed by atoms with van der Waals surface area (Å²) in [5, 5.41) is 7.77. The van der Waals surface area contributed by atoms with Crippen LogP contribution in [0.15, 0.2) is 35.1 Å². The third-order valence-electron chi connectivity index (χ3n) is 4.37. The number of aromatic amines is 2. The van der Waals surface area contributed by atoms with Crippen molar-refractivity contribution in [1.82, 2.24) is 15.2 Å². The summed E-state index contributed by atoms with van der Waals surface area (Å²) in [5.41, 5.74) is 3.83. The molecule has 0 spiro atoms. The number of hydrogen-bond acceptors (Lipinski definition) is 4. The maximum atomic E-state index is 12.5.